The summed E-state index contributed by atoms with van der Waals surface area (Å²) in [5, 5.41) is 5.26. The molecule has 1 aromatic heterocycles. The van der Waals surface area contributed by atoms with Crippen molar-refractivity contribution in [1.82, 2.24) is 0 Å². The number of fused-ring (bicyclic) bond motifs is 3. The van der Waals surface area contributed by atoms with Crippen molar-refractivity contribution < 1.29 is 9.30 Å². The first kappa shape index (κ1) is 18.4. The maximum Gasteiger partial charge on any atom is 0.256 e. The van der Waals surface area contributed by atoms with Gasteiger partial charge in [-0.2, -0.15) is 4.57 Å². The molecule has 29 heavy (non-hydrogen) atoms. The highest BCUT2D eigenvalue weighted by molar-refractivity contribution is 6.91. The van der Waals surface area contributed by atoms with Gasteiger partial charge in [-0.3, -0.25) is 0 Å². The predicted molar refractivity (Wildman–Crippen MR) is 125 cm³/mol. The van der Waals surface area contributed by atoms with E-state index in [1.54, 1.807) is 0 Å². The molecule has 0 spiro atoms. The molecule has 1 aliphatic rings. The van der Waals surface area contributed by atoms with Gasteiger partial charge in [0.05, 0.1) is 13.6 Å². The molecule has 1 aliphatic heterocycles. The van der Waals surface area contributed by atoms with Gasteiger partial charge >= 0.3 is 0 Å². The van der Waals surface area contributed by atoms with Crippen LogP contribution in [0, 0.1) is 20.8 Å². The Hall–Kier alpha value is -2.65. The van der Waals surface area contributed by atoms with Gasteiger partial charge in [-0.25, -0.2) is 0 Å². The van der Waals surface area contributed by atoms with E-state index in [0.717, 1.165) is 11.5 Å². The number of rotatable bonds is 1. The summed E-state index contributed by atoms with van der Waals surface area (Å²) < 4.78 is 9.13. The molecular weight excluding hydrogens is 370 g/mol. The predicted octanol–water partition coefficient (Wildman–Crippen LogP) is 6.06. The van der Waals surface area contributed by atoms with Crippen molar-refractivity contribution in [2.45, 2.75) is 40.4 Å². The summed E-state index contributed by atoms with van der Waals surface area (Å²) in [7, 11) is 0.499. The Morgan fingerprint density at radius 1 is 0.931 bits per heavy atom. The third-order valence-corrected chi connectivity index (χ3v) is 8.37. The van der Waals surface area contributed by atoms with Crippen LogP contribution in [0.15, 0.2) is 42.5 Å². The van der Waals surface area contributed by atoms with Gasteiger partial charge in [-0.1, -0.05) is 43.9 Å². The third kappa shape index (κ3) is 2.50. The number of pyridine rings is 1. The van der Waals surface area contributed by atoms with Gasteiger partial charge in [0.15, 0.2) is 5.75 Å². The molecule has 0 saturated carbocycles. The Kier molecular flexibility index (Phi) is 3.76. The van der Waals surface area contributed by atoms with Gasteiger partial charge in [0, 0.05) is 22.0 Å². The average molecular weight is 399 g/mol. The Morgan fingerprint density at radius 2 is 1.66 bits per heavy atom. The lowest BCUT2D eigenvalue weighted by molar-refractivity contribution is -0.633. The first-order chi connectivity index (χ1) is 13.7. The van der Waals surface area contributed by atoms with E-state index >= 15 is 0 Å². The Labute approximate surface area is 173 Å². The van der Waals surface area contributed by atoms with Crippen LogP contribution in [-0.2, 0) is 7.05 Å². The van der Waals surface area contributed by atoms with E-state index in [-0.39, 0.29) is 0 Å². The number of aromatic nitrogens is 1. The zero-order valence-electron chi connectivity index (χ0n) is 18.4. The van der Waals surface area contributed by atoms with Crippen molar-refractivity contribution in [3.8, 4) is 22.8 Å². The van der Waals surface area contributed by atoms with Gasteiger partial charge in [-0.05, 0) is 55.0 Å². The Morgan fingerprint density at radius 3 is 2.38 bits per heavy atom. The lowest BCUT2D eigenvalue weighted by atomic mass is 9.89. The highest BCUT2D eigenvalue weighted by Gasteiger charge is 2.38. The quantitative estimate of drug-likeness (QED) is 0.247. The monoisotopic (exact) mass is 398 g/mol. The van der Waals surface area contributed by atoms with E-state index in [9.17, 15) is 0 Å². The fraction of sp³-hybridized carbons (Fsp3) is 0.269. The van der Waals surface area contributed by atoms with Crippen molar-refractivity contribution >= 4 is 34.9 Å². The average Bonchev–Trinajstić information content (AvgIpc) is 2.64. The van der Waals surface area contributed by atoms with Crippen LogP contribution in [0.4, 0.5) is 0 Å². The second-order valence-corrected chi connectivity index (χ2v) is 14.5. The summed E-state index contributed by atoms with van der Waals surface area (Å²) in [5.41, 5.74) is 7.76. The molecule has 4 aromatic rings. The highest BCUT2D eigenvalue weighted by atomic mass is 28.3. The van der Waals surface area contributed by atoms with E-state index in [1.165, 1.54) is 54.8 Å². The molecule has 0 fully saturated rings. The summed E-state index contributed by atoms with van der Waals surface area (Å²) in [4.78, 5) is 0. The normalized spacial score (nSPS) is 12.9. The largest absolute Gasteiger partial charge is 0.450 e. The molecule has 3 heteroatoms. The summed E-state index contributed by atoms with van der Waals surface area (Å²) in [5.74, 6) is 2.07. The minimum atomic E-state index is -1.69. The van der Waals surface area contributed by atoms with Crippen LogP contribution in [0.2, 0.25) is 19.6 Å². The number of aryl methyl sites for hydroxylation is 3. The highest BCUT2D eigenvalue weighted by Crippen LogP contribution is 2.48. The van der Waals surface area contributed by atoms with E-state index in [4.69, 9.17) is 4.74 Å². The summed E-state index contributed by atoms with van der Waals surface area (Å²) in [6.07, 6.45) is 0. The second kappa shape index (κ2) is 5.93. The van der Waals surface area contributed by atoms with Crippen molar-refractivity contribution in [1.29, 1.82) is 0 Å². The van der Waals surface area contributed by atoms with Gasteiger partial charge in [0.25, 0.3) is 5.69 Å². The summed E-state index contributed by atoms with van der Waals surface area (Å²) in [6.45, 7) is 13.9. The second-order valence-electron chi connectivity index (χ2n) is 9.54. The lowest BCUT2D eigenvalue weighted by Crippen LogP contribution is -2.45. The molecule has 2 heterocycles. The topological polar surface area (TPSA) is 13.1 Å². The van der Waals surface area contributed by atoms with Crippen LogP contribution in [0.1, 0.15) is 16.7 Å². The fourth-order valence-electron chi connectivity index (χ4n) is 4.99. The Bertz CT molecular complexity index is 1350. The van der Waals surface area contributed by atoms with Gasteiger partial charge in [0.1, 0.15) is 12.8 Å². The Balaban J connectivity index is 2.08. The number of hydrogen-bond acceptors (Lipinski definition) is 1. The third-order valence-electron chi connectivity index (χ3n) is 6.38. The molecule has 5 rings (SSSR count). The lowest BCUT2D eigenvalue weighted by Gasteiger charge is -2.28. The van der Waals surface area contributed by atoms with E-state index in [0.29, 0.717) is 0 Å². The molecular formula is C26H28NOSi+. The van der Waals surface area contributed by atoms with Crippen LogP contribution < -0.4 is 14.5 Å². The van der Waals surface area contributed by atoms with Crippen LogP contribution in [-0.4, -0.2) is 8.07 Å². The van der Waals surface area contributed by atoms with Gasteiger partial charge in [0.2, 0.25) is 5.52 Å². The molecule has 0 atom stereocenters. The van der Waals surface area contributed by atoms with Crippen LogP contribution in [0.3, 0.4) is 0 Å². The van der Waals surface area contributed by atoms with Crippen molar-refractivity contribution in [2.75, 3.05) is 0 Å². The SMILES string of the molecule is Cc1cc2c3c(c(C)c(C)cc3c1)-c1c(c([Si](C)(C)C)c3ccccc3[n+]1C)O2. The van der Waals surface area contributed by atoms with Crippen LogP contribution in [0.5, 0.6) is 11.5 Å². The molecule has 0 saturated heterocycles. The number of ether oxygens (including phenoxy) is 1. The molecule has 0 aliphatic carbocycles. The van der Waals surface area contributed by atoms with E-state index in [1.807, 2.05) is 0 Å². The molecule has 3 aromatic carbocycles. The zero-order valence-corrected chi connectivity index (χ0v) is 19.4. The van der Waals surface area contributed by atoms with Crippen LogP contribution in [0.25, 0.3) is 32.9 Å². The minimum Gasteiger partial charge on any atom is -0.450 e. The number of hydrogen-bond donors (Lipinski definition) is 0. The van der Waals surface area contributed by atoms with Crippen LogP contribution >= 0.6 is 0 Å². The molecule has 0 unspecified atom stereocenters. The maximum atomic E-state index is 6.79. The van der Waals surface area contributed by atoms with E-state index in [2.05, 4.69) is 94.5 Å². The smallest absolute Gasteiger partial charge is 0.256 e. The first-order valence-electron chi connectivity index (χ1n) is 10.4. The molecule has 0 amide bonds. The molecule has 2 nitrogen and oxygen atoms in total. The van der Waals surface area contributed by atoms with E-state index < -0.39 is 8.07 Å². The van der Waals surface area contributed by atoms with Gasteiger partial charge in [-0.15, -0.1) is 0 Å². The maximum absolute atomic E-state index is 6.79. The summed E-state index contributed by atoms with van der Waals surface area (Å²) in [6, 6.07) is 15.6. The number of para-hydroxylation sites is 1. The molecule has 0 N–H and O–H groups in total. The fourth-order valence-corrected chi connectivity index (χ4v) is 6.86. The number of benzene rings is 3. The van der Waals surface area contributed by atoms with Crippen molar-refractivity contribution in [3.05, 3.63) is 59.2 Å². The minimum absolute atomic E-state index is 1.00. The zero-order chi connectivity index (χ0) is 20.7. The molecule has 0 bridgehead atoms. The number of nitrogens with zero attached hydrogens (tertiary/aromatic N) is 1. The standard InChI is InChI=1S/C26H28NOSi/c1-15-12-18-14-16(2)17(3)22-23(18)21(13-15)28-25-24(22)27(4)20-11-9-8-10-19(20)26(25)29(5,6)7/h8-14H,1-7H3/q+1. The summed E-state index contributed by atoms with van der Waals surface area (Å²) >= 11 is 0. The van der Waals surface area contributed by atoms with Crippen molar-refractivity contribution in [3.63, 3.8) is 0 Å². The van der Waals surface area contributed by atoms with Crippen molar-refractivity contribution in [2.24, 2.45) is 7.05 Å². The molecule has 146 valence electrons. The molecule has 0 radical (unpaired) electrons. The first-order valence-corrected chi connectivity index (χ1v) is 13.9. The van der Waals surface area contributed by atoms with Gasteiger partial charge < -0.3 is 4.74 Å².